The van der Waals surface area contributed by atoms with Gasteiger partial charge in [0.15, 0.2) is 5.79 Å². The molecule has 2 aromatic rings. The molecule has 0 aromatic heterocycles. The summed E-state index contributed by atoms with van der Waals surface area (Å²) < 4.78 is 13.1. The van der Waals surface area contributed by atoms with Crippen LogP contribution >= 0.6 is 0 Å². The van der Waals surface area contributed by atoms with Gasteiger partial charge in [0.2, 0.25) is 0 Å². The van der Waals surface area contributed by atoms with Crippen LogP contribution in [0.1, 0.15) is 49.7 Å². The van der Waals surface area contributed by atoms with Crippen LogP contribution in [0.2, 0.25) is 0 Å². The molecule has 2 fully saturated rings. The van der Waals surface area contributed by atoms with E-state index in [2.05, 4.69) is 60.7 Å². The van der Waals surface area contributed by atoms with E-state index in [1.165, 1.54) is 24.0 Å². The van der Waals surface area contributed by atoms with Crippen LogP contribution in [0, 0.1) is 0 Å². The zero-order valence-corrected chi connectivity index (χ0v) is 15.0. The molecule has 2 nitrogen and oxygen atoms in total. The lowest BCUT2D eigenvalue weighted by Crippen LogP contribution is -2.53. The van der Waals surface area contributed by atoms with Crippen molar-refractivity contribution in [2.24, 2.45) is 0 Å². The van der Waals surface area contributed by atoms with Crippen molar-refractivity contribution < 1.29 is 9.47 Å². The quantitative estimate of drug-likeness (QED) is 0.753. The second-order valence-corrected chi connectivity index (χ2v) is 7.68. The molecule has 0 N–H and O–H groups in total. The summed E-state index contributed by atoms with van der Waals surface area (Å²) in [5.41, 5.74) is 2.54. The molecule has 0 bridgehead atoms. The van der Waals surface area contributed by atoms with E-state index in [0.29, 0.717) is 0 Å². The van der Waals surface area contributed by atoms with E-state index in [1.54, 1.807) is 0 Å². The highest BCUT2D eigenvalue weighted by molar-refractivity contribution is 5.22. The molecule has 0 unspecified atom stereocenters. The van der Waals surface area contributed by atoms with Crippen molar-refractivity contribution in [2.45, 2.75) is 62.8 Å². The van der Waals surface area contributed by atoms with Crippen molar-refractivity contribution in [1.29, 1.82) is 0 Å². The van der Waals surface area contributed by atoms with Crippen LogP contribution in [0.5, 0.6) is 0 Å². The number of hydrogen-bond acceptors (Lipinski definition) is 2. The Hall–Kier alpha value is -1.64. The Balaban J connectivity index is 1.63. The minimum absolute atomic E-state index is 0.168. The lowest BCUT2D eigenvalue weighted by Gasteiger charge is -2.50. The summed E-state index contributed by atoms with van der Waals surface area (Å²) in [7, 11) is 0. The molecule has 2 aliphatic rings. The van der Waals surface area contributed by atoms with Crippen molar-refractivity contribution in [3.8, 4) is 0 Å². The molecule has 0 saturated carbocycles. The van der Waals surface area contributed by atoms with Crippen molar-refractivity contribution >= 4 is 0 Å². The van der Waals surface area contributed by atoms with Crippen molar-refractivity contribution in [2.75, 3.05) is 6.61 Å². The Morgan fingerprint density at radius 2 is 1.28 bits per heavy atom. The predicted molar refractivity (Wildman–Crippen MR) is 100 cm³/mol. The van der Waals surface area contributed by atoms with E-state index in [1.807, 2.05) is 0 Å². The van der Waals surface area contributed by atoms with Gasteiger partial charge >= 0.3 is 0 Å². The van der Waals surface area contributed by atoms with Crippen LogP contribution in [0.15, 0.2) is 60.7 Å². The van der Waals surface area contributed by atoms with E-state index in [4.69, 9.17) is 9.47 Å². The summed E-state index contributed by atoms with van der Waals surface area (Å²) in [6.45, 7) is 0.840. The van der Waals surface area contributed by atoms with Gasteiger partial charge in [-0.1, -0.05) is 60.7 Å². The lowest BCUT2D eigenvalue weighted by molar-refractivity contribution is -0.325. The molecule has 132 valence electrons. The fraction of sp³-hybridized carbons (Fsp3) is 0.478. The Bertz CT molecular complexity index is 612. The zero-order chi connectivity index (χ0) is 17.0. The SMILES string of the molecule is c1ccc(CC2(Cc3ccccc3)CCC[C@@]3(CCCCO3)O2)cc1. The first-order valence-corrected chi connectivity index (χ1v) is 9.70. The van der Waals surface area contributed by atoms with Gasteiger partial charge in [-0.2, -0.15) is 0 Å². The van der Waals surface area contributed by atoms with Crippen LogP contribution in [0.3, 0.4) is 0 Å². The number of rotatable bonds is 4. The van der Waals surface area contributed by atoms with Crippen molar-refractivity contribution in [1.82, 2.24) is 0 Å². The highest BCUT2D eigenvalue weighted by Gasteiger charge is 2.47. The molecule has 2 heterocycles. The number of hydrogen-bond donors (Lipinski definition) is 0. The first-order valence-electron chi connectivity index (χ1n) is 9.70. The van der Waals surface area contributed by atoms with Crippen molar-refractivity contribution in [3.63, 3.8) is 0 Å². The summed E-state index contributed by atoms with van der Waals surface area (Å²) in [5, 5.41) is 0. The molecule has 0 aliphatic carbocycles. The van der Waals surface area contributed by atoms with Gasteiger partial charge in [0.1, 0.15) is 0 Å². The van der Waals surface area contributed by atoms with E-state index in [-0.39, 0.29) is 11.4 Å². The molecule has 1 atom stereocenters. The Labute approximate surface area is 151 Å². The third-order valence-electron chi connectivity index (χ3n) is 5.65. The highest BCUT2D eigenvalue weighted by atomic mass is 16.7. The maximum Gasteiger partial charge on any atom is 0.169 e. The van der Waals surface area contributed by atoms with Gasteiger partial charge in [0, 0.05) is 25.7 Å². The second-order valence-electron chi connectivity index (χ2n) is 7.68. The van der Waals surface area contributed by atoms with Crippen LogP contribution in [0.25, 0.3) is 0 Å². The van der Waals surface area contributed by atoms with E-state index in [9.17, 15) is 0 Å². The summed E-state index contributed by atoms with van der Waals surface area (Å²) in [6, 6.07) is 21.6. The standard InChI is InChI=1S/C23H28O2/c1-3-10-20(11-4-1)18-22(19-21-12-5-2-6-13-21)14-9-16-23(25-22)15-7-8-17-24-23/h1-6,10-13H,7-9,14-19H2/t23-/m1/s1. The monoisotopic (exact) mass is 336 g/mol. The fourth-order valence-corrected chi connectivity index (χ4v) is 4.53. The summed E-state index contributed by atoms with van der Waals surface area (Å²) in [4.78, 5) is 0. The van der Waals surface area contributed by atoms with E-state index >= 15 is 0 Å². The van der Waals surface area contributed by atoms with Crippen LogP contribution in [-0.4, -0.2) is 18.0 Å². The van der Waals surface area contributed by atoms with Gasteiger partial charge in [-0.05, 0) is 36.8 Å². The van der Waals surface area contributed by atoms with Crippen LogP contribution in [-0.2, 0) is 22.3 Å². The zero-order valence-electron chi connectivity index (χ0n) is 15.0. The smallest absolute Gasteiger partial charge is 0.169 e. The van der Waals surface area contributed by atoms with Crippen LogP contribution < -0.4 is 0 Å². The molecule has 2 aromatic carbocycles. The van der Waals surface area contributed by atoms with Gasteiger partial charge in [-0.15, -0.1) is 0 Å². The maximum absolute atomic E-state index is 6.89. The van der Waals surface area contributed by atoms with E-state index in [0.717, 1.165) is 45.1 Å². The van der Waals surface area contributed by atoms with Gasteiger partial charge in [-0.25, -0.2) is 0 Å². The molecule has 4 rings (SSSR count). The van der Waals surface area contributed by atoms with Gasteiger partial charge < -0.3 is 9.47 Å². The molecule has 0 amide bonds. The first kappa shape index (κ1) is 16.8. The molecular formula is C23H28O2. The first-order chi connectivity index (χ1) is 12.3. The van der Waals surface area contributed by atoms with Crippen LogP contribution in [0.4, 0.5) is 0 Å². The molecule has 2 saturated heterocycles. The molecule has 0 radical (unpaired) electrons. The molecule has 1 spiro atoms. The summed E-state index contributed by atoms with van der Waals surface area (Å²) in [6.07, 6.45) is 8.64. The average molecular weight is 336 g/mol. The number of ether oxygens (including phenoxy) is 2. The summed E-state index contributed by atoms with van der Waals surface area (Å²) >= 11 is 0. The molecule has 2 aliphatic heterocycles. The Morgan fingerprint density at radius 1 is 0.680 bits per heavy atom. The fourth-order valence-electron chi connectivity index (χ4n) is 4.53. The topological polar surface area (TPSA) is 18.5 Å². The largest absolute Gasteiger partial charge is 0.350 e. The second kappa shape index (κ2) is 7.31. The average Bonchev–Trinajstić information content (AvgIpc) is 2.64. The minimum atomic E-state index is -0.347. The highest BCUT2D eigenvalue weighted by Crippen LogP contribution is 2.44. The predicted octanol–water partition coefficient (Wildman–Crippen LogP) is 5.31. The molecule has 2 heteroatoms. The van der Waals surface area contributed by atoms with E-state index < -0.39 is 0 Å². The minimum Gasteiger partial charge on any atom is -0.350 e. The molecule has 25 heavy (non-hydrogen) atoms. The Kier molecular flexibility index (Phi) is 4.91. The lowest BCUT2D eigenvalue weighted by atomic mass is 9.79. The van der Waals surface area contributed by atoms with Gasteiger partial charge in [0.05, 0.1) is 12.2 Å². The number of benzene rings is 2. The molecular weight excluding hydrogens is 308 g/mol. The third-order valence-corrected chi connectivity index (χ3v) is 5.65. The van der Waals surface area contributed by atoms with Gasteiger partial charge in [-0.3, -0.25) is 0 Å². The van der Waals surface area contributed by atoms with Crippen molar-refractivity contribution in [3.05, 3.63) is 71.8 Å². The summed E-state index contributed by atoms with van der Waals surface area (Å²) in [5.74, 6) is -0.347. The Morgan fingerprint density at radius 3 is 1.84 bits per heavy atom. The maximum atomic E-state index is 6.89. The van der Waals surface area contributed by atoms with Gasteiger partial charge in [0.25, 0.3) is 0 Å². The third kappa shape index (κ3) is 3.96. The normalized spacial score (nSPS) is 25.8.